The fraction of sp³-hybridized carbons (Fsp3) is 0.615. The zero-order chi connectivity index (χ0) is 12.7. The molecule has 0 amide bonds. The molecule has 0 aliphatic carbocycles. The zero-order valence-corrected chi connectivity index (χ0v) is 12.5. The van der Waals surface area contributed by atoms with Crippen molar-refractivity contribution in [3.63, 3.8) is 0 Å². The highest BCUT2D eigenvalue weighted by Gasteiger charge is 2.02. The van der Waals surface area contributed by atoms with E-state index in [0.29, 0.717) is 0 Å². The van der Waals surface area contributed by atoms with E-state index < -0.39 is 0 Å². The molecule has 17 heavy (non-hydrogen) atoms. The van der Waals surface area contributed by atoms with Crippen LogP contribution in [0, 0.1) is 6.92 Å². The molecular formula is C13H22BrN3. The van der Waals surface area contributed by atoms with Gasteiger partial charge in [-0.05, 0) is 60.5 Å². The molecule has 3 nitrogen and oxygen atoms in total. The van der Waals surface area contributed by atoms with Crippen molar-refractivity contribution in [3.8, 4) is 0 Å². The maximum Gasteiger partial charge on any atom is 0.140 e. The molecule has 1 aromatic heterocycles. The number of halogens is 1. The molecular weight excluding hydrogens is 278 g/mol. The number of hydrogen-bond donors (Lipinski definition) is 1. The summed E-state index contributed by atoms with van der Waals surface area (Å²) in [5.41, 5.74) is 1.17. The first-order chi connectivity index (χ1) is 8.17. The molecule has 0 aliphatic rings. The molecule has 0 radical (unpaired) electrons. The molecule has 0 aliphatic heterocycles. The van der Waals surface area contributed by atoms with Crippen LogP contribution in [0.25, 0.3) is 0 Å². The molecule has 0 atom stereocenters. The highest BCUT2D eigenvalue weighted by atomic mass is 79.9. The predicted molar refractivity (Wildman–Crippen MR) is 77.6 cm³/mol. The van der Waals surface area contributed by atoms with Gasteiger partial charge in [-0.2, -0.15) is 0 Å². The summed E-state index contributed by atoms with van der Waals surface area (Å²) in [6.07, 6.45) is 3.03. The van der Waals surface area contributed by atoms with E-state index in [-0.39, 0.29) is 0 Å². The van der Waals surface area contributed by atoms with E-state index >= 15 is 0 Å². The van der Waals surface area contributed by atoms with E-state index in [0.717, 1.165) is 42.9 Å². The van der Waals surface area contributed by atoms with Gasteiger partial charge in [-0.3, -0.25) is 0 Å². The summed E-state index contributed by atoms with van der Waals surface area (Å²) in [5, 5.41) is 3.36. The average Bonchev–Trinajstić information content (AvgIpc) is 2.32. The monoisotopic (exact) mass is 299 g/mol. The Kier molecular flexibility index (Phi) is 6.52. The van der Waals surface area contributed by atoms with Crippen LogP contribution in [0.2, 0.25) is 0 Å². The Morgan fingerprint density at radius 2 is 2.06 bits per heavy atom. The van der Waals surface area contributed by atoms with Gasteiger partial charge in [-0.15, -0.1) is 0 Å². The highest BCUT2D eigenvalue weighted by Crippen LogP contribution is 2.20. The Balaban J connectivity index is 2.31. The lowest BCUT2D eigenvalue weighted by Gasteiger charge is -2.17. The molecule has 0 unspecified atom stereocenters. The second-order valence-electron chi connectivity index (χ2n) is 4.15. The second kappa shape index (κ2) is 7.67. The first-order valence-electron chi connectivity index (χ1n) is 6.25. The van der Waals surface area contributed by atoms with E-state index in [1.54, 1.807) is 0 Å². The van der Waals surface area contributed by atoms with Crippen LogP contribution in [0.1, 0.15) is 25.8 Å². The van der Waals surface area contributed by atoms with Crippen LogP contribution in [0.5, 0.6) is 0 Å². The van der Waals surface area contributed by atoms with Crippen molar-refractivity contribution in [2.24, 2.45) is 0 Å². The molecule has 0 bridgehead atoms. The van der Waals surface area contributed by atoms with Crippen LogP contribution in [-0.2, 0) is 0 Å². The lowest BCUT2D eigenvalue weighted by molar-refractivity contribution is 0.303. The molecule has 0 saturated carbocycles. The van der Waals surface area contributed by atoms with Crippen molar-refractivity contribution < 1.29 is 0 Å². The molecule has 96 valence electrons. The number of nitrogens with zero attached hydrogens (tertiary/aromatic N) is 2. The van der Waals surface area contributed by atoms with E-state index in [4.69, 9.17) is 0 Å². The minimum atomic E-state index is 0.940. The van der Waals surface area contributed by atoms with Gasteiger partial charge in [0.2, 0.25) is 0 Å². The zero-order valence-electron chi connectivity index (χ0n) is 11.0. The van der Waals surface area contributed by atoms with E-state index in [1.165, 1.54) is 5.56 Å². The van der Waals surface area contributed by atoms with Gasteiger partial charge in [0.1, 0.15) is 5.82 Å². The smallest absolute Gasteiger partial charge is 0.140 e. The Hall–Kier alpha value is -0.610. The van der Waals surface area contributed by atoms with E-state index in [1.807, 2.05) is 13.1 Å². The third kappa shape index (κ3) is 5.04. The van der Waals surface area contributed by atoms with Crippen LogP contribution in [0.3, 0.4) is 0 Å². The molecule has 0 aromatic carbocycles. The summed E-state index contributed by atoms with van der Waals surface area (Å²) in [6.45, 7) is 10.8. The van der Waals surface area contributed by atoms with Crippen molar-refractivity contribution in [1.82, 2.24) is 9.88 Å². The third-order valence-electron chi connectivity index (χ3n) is 2.82. The minimum Gasteiger partial charge on any atom is -0.369 e. The fourth-order valence-electron chi connectivity index (χ4n) is 1.71. The quantitative estimate of drug-likeness (QED) is 0.783. The maximum absolute atomic E-state index is 4.36. The SMILES string of the molecule is CCN(CC)CCCNc1ncc(C)cc1Br. The predicted octanol–water partition coefficient (Wildman–Crippen LogP) is 3.30. The molecule has 0 fully saturated rings. The van der Waals surface area contributed by atoms with Crippen LogP contribution in [-0.4, -0.2) is 36.1 Å². The van der Waals surface area contributed by atoms with Crippen LogP contribution in [0.15, 0.2) is 16.7 Å². The summed E-state index contributed by atoms with van der Waals surface area (Å²) in [5.74, 6) is 0.940. The molecule has 1 heterocycles. The normalized spacial score (nSPS) is 10.9. The number of anilines is 1. The Labute approximate surface area is 113 Å². The maximum atomic E-state index is 4.36. The van der Waals surface area contributed by atoms with Gasteiger partial charge in [-0.1, -0.05) is 13.8 Å². The van der Waals surface area contributed by atoms with Gasteiger partial charge in [0.05, 0.1) is 4.47 Å². The molecule has 1 rings (SSSR count). The van der Waals surface area contributed by atoms with Crippen molar-refractivity contribution in [2.45, 2.75) is 27.2 Å². The average molecular weight is 300 g/mol. The van der Waals surface area contributed by atoms with E-state index in [9.17, 15) is 0 Å². The van der Waals surface area contributed by atoms with Gasteiger partial charge in [0.25, 0.3) is 0 Å². The number of hydrogen-bond acceptors (Lipinski definition) is 3. The van der Waals surface area contributed by atoms with Gasteiger partial charge in [0.15, 0.2) is 0 Å². The molecule has 4 heteroatoms. The summed E-state index contributed by atoms with van der Waals surface area (Å²) in [6, 6.07) is 2.08. The van der Waals surface area contributed by atoms with Crippen LogP contribution >= 0.6 is 15.9 Å². The van der Waals surface area contributed by atoms with E-state index in [2.05, 4.69) is 51.0 Å². The highest BCUT2D eigenvalue weighted by molar-refractivity contribution is 9.10. The Bertz CT molecular complexity index is 337. The number of aromatic nitrogens is 1. The molecule has 1 N–H and O–H groups in total. The Morgan fingerprint density at radius 1 is 1.35 bits per heavy atom. The lowest BCUT2D eigenvalue weighted by Crippen LogP contribution is -2.25. The number of pyridine rings is 1. The number of nitrogens with one attached hydrogen (secondary N) is 1. The summed E-state index contributed by atoms with van der Waals surface area (Å²) < 4.78 is 1.04. The van der Waals surface area contributed by atoms with Crippen LogP contribution in [0.4, 0.5) is 5.82 Å². The van der Waals surface area contributed by atoms with Gasteiger partial charge in [-0.25, -0.2) is 4.98 Å². The minimum absolute atomic E-state index is 0.940. The molecule has 1 aromatic rings. The van der Waals surface area contributed by atoms with Crippen LogP contribution < -0.4 is 5.32 Å². The molecule has 0 saturated heterocycles. The fourth-order valence-corrected chi connectivity index (χ4v) is 2.32. The number of aryl methyl sites for hydroxylation is 1. The summed E-state index contributed by atoms with van der Waals surface area (Å²) >= 11 is 3.52. The largest absolute Gasteiger partial charge is 0.369 e. The van der Waals surface area contributed by atoms with Crippen molar-refractivity contribution in [2.75, 3.05) is 31.5 Å². The molecule has 0 spiro atoms. The summed E-state index contributed by atoms with van der Waals surface area (Å²) in [7, 11) is 0. The third-order valence-corrected chi connectivity index (χ3v) is 3.42. The lowest BCUT2D eigenvalue weighted by atomic mass is 10.3. The number of rotatable bonds is 7. The van der Waals surface area contributed by atoms with Gasteiger partial charge < -0.3 is 10.2 Å². The first-order valence-corrected chi connectivity index (χ1v) is 7.05. The van der Waals surface area contributed by atoms with Crippen molar-refractivity contribution in [1.29, 1.82) is 0 Å². The van der Waals surface area contributed by atoms with Crippen molar-refractivity contribution in [3.05, 3.63) is 22.3 Å². The topological polar surface area (TPSA) is 28.2 Å². The van der Waals surface area contributed by atoms with Gasteiger partial charge >= 0.3 is 0 Å². The Morgan fingerprint density at radius 3 is 2.65 bits per heavy atom. The standard InChI is InChI=1S/C13H22BrN3/c1-4-17(5-2)8-6-7-15-13-12(14)9-11(3)10-16-13/h9-10H,4-8H2,1-3H3,(H,15,16). The first kappa shape index (κ1) is 14.5. The summed E-state index contributed by atoms with van der Waals surface area (Å²) in [4.78, 5) is 6.79. The van der Waals surface area contributed by atoms with Crippen molar-refractivity contribution >= 4 is 21.7 Å². The second-order valence-corrected chi connectivity index (χ2v) is 5.00. The van der Waals surface area contributed by atoms with Gasteiger partial charge in [0, 0.05) is 12.7 Å².